The van der Waals surface area contributed by atoms with E-state index in [1.54, 1.807) is 20.8 Å². The van der Waals surface area contributed by atoms with E-state index < -0.39 is 23.0 Å². The van der Waals surface area contributed by atoms with Gasteiger partial charge in [0.05, 0.1) is 6.04 Å². The van der Waals surface area contributed by atoms with Crippen molar-refractivity contribution in [1.82, 2.24) is 4.90 Å². The maximum absolute atomic E-state index is 13.7. The summed E-state index contributed by atoms with van der Waals surface area (Å²) in [7, 11) is 0. The zero-order valence-corrected chi connectivity index (χ0v) is 20.7. The van der Waals surface area contributed by atoms with Crippen LogP contribution in [0.2, 0.25) is 0 Å². The van der Waals surface area contributed by atoms with Gasteiger partial charge in [0.25, 0.3) is 0 Å². The lowest BCUT2D eigenvalue weighted by Gasteiger charge is -2.32. The predicted octanol–water partition coefficient (Wildman–Crippen LogP) is 5.82. The van der Waals surface area contributed by atoms with Gasteiger partial charge in [0.2, 0.25) is 0 Å². The number of benzene rings is 3. The van der Waals surface area contributed by atoms with E-state index in [1.165, 1.54) is 0 Å². The van der Waals surface area contributed by atoms with Crippen LogP contribution in [0.1, 0.15) is 37.5 Å². The van der Waals surface area contributed by atoms with Gasteiger partial charge < -0.3 is 4.74 Å². The average molecular weight is 478 g/mol. The molecule has 1 unspecified atom stereocenters. The number of Topliss-reactive ketones (excluding diaryl/α,β-unsaturated/α-hetero) is 1. The monoisotopic (exact) mass is 477 g/mol. The number of rotatable bonds is 10. The Bertz CT molecular complexity index is 1010. The third-order valence-corrected chi connectivity index (χ3v) is 5.75. The third kappa shape index (κ3) is 7.82. The molecule has 0 aliphatic carbocycles. The smallest absolute Gasteiger partial charge is 0.332 e. The molecule has 2 atom stereocenters. The molecular weight excluding hydrogens is 446 g/mol. The lowest BCUT2D eigenvalue weighted by Crippen LogP contribution is -2.48. The van der Waals surface area contributed by atoms with Crippen molar-refractivity contribution in [3.8, 4) is 0 Å². The van der Waals surface area contributed by atoms with Gasteiger partial charge in [0.1, 0.15) is 5.60 Å². The van der Waals surface area contributed by atoms with Gasteiger partial charge in [-0.3, -0.25) is 9.69 Å². The van der Waals surface area contributed by atoms with Crippen LogP contribution in [0.25, 0.3) is 0 Å². The van der Waals surface area contributed by atoms with Crippen molar-refractivity contribution >= 4 is 23.4 Å². The van der Waals surface area contributed by atoms with Crippen molar-refractivity contribution < 1.29 is 14.3 Å². The number of ether oxygens (including phenoxy) is 1. The van der Waals surface area contributed by atoms with Crippen molar-refractivity contribution in [2.24, 2.45) is 0 Å². The van der Waals surface area contributed by atoms with E-state index in [2.05, 4.69) is 4.90 Å². The normalized spacial score (nSPS) is 13.3. The highest BCUT2D eigenvalue weighted by Gasteiger charge is 2.37. The van der Waals surface area contributed by atoms with Crippen molar-refractivity contribution in [3.05, 3.63) is 108 Å². The summed E-state index contributed by atoms with van der Waals surface area (Å²) >= 11 is 6.45. The standard InChI is InChI=1S/C29H32ClNO3/c1-29(2,3)34-28(33)26(30)27(32)25(19-22-13-7-4-8-14-22)31(20-23-15-9-5-10-16-23)21-24-17-11-6-12-18-24/h4-18,25-26H,19-21H2,1-3H3/t25-,26?/m0/s1. The second-order valence-electron chi connectivity index (χ2n) is 9.38. The quantitative estimate of drug-likeness (QED) is 0.210. The minimum Gasteiger partial charge on any atom is -0.459 e. The van der Waals surface area contributed by atoms with Gasteiger partial charge in [-0.05, 0) is 43.9 Å². The van der Waals surface area contributed by atoms with Gasteiger partial charge in [-0.2, -0.15) is 0 Å². The van der Waals surface area contributed by atoms with Gasteiger partial charge in [-0.1, -0.05) is 91.0 Å². The van der Waals surface area contributed by atoms with Gasteiger partial charge >= 0.3 is 5.97 Å². The van der Waals surface area contributed by atoms with Gasteiger partial charge in [0.15, 0.2) is 11.2 Å². The Morgan fingerprint density at radius 1 is 0.765 bits per heavy atom. The highest BCUT2D eigenvalue weighted by atomic mass is 35.5. The molecule has 0 saturated heterocycles. The molecule has 0 heterocycles. The fraction of sp³-hybridized carbons (Fsp3) is 0.310. The van der Waals surface area contributed by atoms with Crippen molar-refractivity contribution in [1.29, 1.82) is 0 Å². The van der Waals surface area contributed by atoms with Crippen molar-refractivity contribution in [3.63, 3.8) is 0 Å². The molecule has 0 radical (unpaired) electrons. The number of alkyl halides is 1. The molecule has 0 N–H and O–H groups in total. The Morgan fingerprint density at radius 2 is 1.18 bits per heavy atom. The topological polar surface area (TPSA) is 46.6 Å². The molecule has 3 rings (SSSR count). The second-order valence-corrected chi connectivity index (χ2v) is 9.82. The molecule has 0 saturated carbocycles. The predicted molar refractivity (Wildman–Crippen MR) is 137 cm³/mol. The summed E-state index contributed by atoms with van der Waals surface area (Å²) in [5.74, 6) is -1.07. The number of esters is 1. The molecule has 0 fully saturated rings. The van der Waals surface area contributed by atoms with E-state index in [4.69, 9.17) is 16.3 Å². The molecule has 0 aromatic heterocycles. The first-order chi connectivity index (χ1) is 16.2. The lowest BCUT2D eigenvalue weighted by atomic mass is 9.97. The molecule has 0 amide bonds. The molecule has 5 heteroatoms. The summed E-state index contributed by atoms with van der Waals surface area (Å²) < 4.78 is 5.43. The first kappa shape index (κ1) is 25.7. The van der Waals surface area contributed by atoms with Crippen molar-refractivity contribution in [2.45, 2.75) is 57.3 Å². The van der Waals surface area contributed by atoms with Crippen LogP contribution < -0.4 is 0 Å². The number of nitrogens with zero attached hydrogens (tertiary/aromatic N) is 1. The molecule has 3 aromatic rings. The molecule has 4 nitrogen and oxygen atoms in total. The third-order valence-electron chi connectivity index (χ3n) is 5.36. The van der Waals surface area contributed by atoms with Crippen LogP contribution in [0, 0.1) is 0 Å². The van der Waals surface area contributed by atoms with Crippen molar-refractivity contribution in [2.75, 3.05) is 0 Å². The molecule has 178 valence electrons. The number of hydrogen-bond acceptors (Lipinski definition) is 4. The summed E-state index contributed by atoms with van der Waals surface area (Å²) in [5, 5.41) is -1.39. The number of ketones is 1. The Morgan fingerprint density at radius 3 is 1.59 bits per heavy atom. The van der Waals surface area contributed by atoms with Gasteiger partial charge in [-0.15, -0.1) is 11.6 Å². The molecule has 0 spiro atoms. The highest BCUT2D eigenvalue weighted by Crippen LogP contribution is 2.22. The minimum absolute atomic E-state index is 0.355. The average Bonchev–Trinajstić information content (AvgIpc) is 2.82. The molecule has 3 aromatic carbocycles. The summed E-state index contributed by atoms with van der Waals surface area (Å²) in [5.41, 5.74) is 2.42. The summed E-state index contributed by atoms with van der Waals surface area (Å²) in [6, 6.07) is 29.2. The second kappa shape index (κ2) is 12.0. The first-order valence-electron chi connectivity index (χ1n) is 11.5. The largest absolute Gasteiger partial charge is 0.459 e. The highest BCUT2D eigenvalue weighted by molar-refractivity contribution is 6.41. The lowest BCUT2D eigenvalue weighted by molar-refractivity contribution is -0.156. The number of halogens is 1. The summed E-state index contributed by atoms with van der Waals surface area (Å²) in [6.07, 6.45) is 0.436. The zero-order chi connectivity index (χ0) is 24.6. The molecule has 0 bridgehead atoms. The SMILES string of the molecule is CC(C)(C)OC(=O)C(Cl)C(=O)[C@H](Cc1ccccc1)N(Cc1ccccc1)Cc1ccccc1. The van der Waals surface area contributed by atoms with E-state index >= 15 is 0 Å². The van der Waals surface area contributed by atoms with Crippen LogP contribution in [0.4, 0.5) is 0 Å². The zero-order valence-electron chi connectivity index (χ0n) is 20.0. The van der Waals surface area contributed by atoms with Crippen LogP contribution in [-0.2, 0) is 33.8 Å². The molecule has 0 aliphatic heterocycles. The van der Waals surface area contributed by atoms with E-state index in [0.717, 1.165) is 16.7 Å². The molecule has 0 aliphatic rings. The maximum atomic E-state index is 13.7. The first-order valence-corrected chi connectivity index (χ1v) is 11.9. The Labute approximate surface area is 207 Å². The van der Waals surface area contributed by atoms with Crippen LogP contribution in [0.15, 0.2) is 91.0 Å². The van der Waals surface area contributed by atoms with E-state index in [-0.39, 0.29) is 5.78 Å². The number of carbonyl (C=O) groups excluding carboxylic acids is 2. The van der Waals surface area contributed by atoms with Gasteiger partial charge in [-0.25, -0.2) is 4.79 Å². The number of carbonyl (C=O) groups is 2. The Kier molecular flexibility index (Phi) is 9.03. The molecular formula is C29H32ClNO3. The summed E-state index contributed by atoms with van der Waals surface area (Å²) in [6.45, 7) is 6.36. The summed E-state index contributed by atoms with van der Waals surface area (Å²) in [4.78, 5) is 28.5. The van der Waals surface area contributed by atoms with Crippen LogP contribution in [0.3, 0.4) is 0 Å². The van der Waals surface area contributed by atoms with Crippen LogP contribution in [-0.4, -0.2) is 33.7 Å². The van der Waals surface area contributed by atoms with Crippen LogP contribution >= 0.6 is 11.6 Å². The van der Waals surface area contributed by atoms with E-state index in [0.29, 0.717) is 19.5 Å². The van der Waals surface area contributed by atoms with Crippen LogP contribution in [0.5, 0.6) is 0 Å². The fourth-order valence-corrected chi connectivity index (χ4v) is 3.99. The Balaban J connectivity index is 1.96. The minimum atomic E-state index is -1.39. The fourth-order valence-electron chi connectivity index (χ4n) is 3.80. The van der Waals surface area contributed by atoms with E-state index in [1.807, 2.05) is 91.0 Å². The van der Waals surface area contributed by atoms with E-state index in [9.17, 15) is 9.59 Å². The number of hydrogen-bond donors (Lipinski definition) is 0. The van der Waals surface area contributed by atoms with Gasteiger partial charge in [0, 0.05) is 13.1 Å². The Hall–Kier alpha value is -2.95. The maximum Gasteiger partial charge on any atom is 0.332 e. The molecule has 34 heavy (non-hydrogen) atoms.